The summed E-state index contributed by atoms with van der Waals surface area (Å²) in [5, 5.41) is 13.7. The number of hydrogen-bond acceptors (Lipinski definition) is 5. The molecule has 7 nitrogen and oxygen atoms in total. The highest BCUT2D eigenvalue weighted by Crippen LogP contribution is 2.35. The predicted octanol–water partition coefficient (Wildman–Crippen LogP) is 3.99. The van der Waals surface area contributed by atoms with Crippen LogP contribution in [-0.4, -0.2) is 36.5 Å². The molecule has 5 rings (SSSR count). The molecule has 3 atom stereocenters. The SMILES string of the molecule is CCC(O)c1cc(C)c(-c2cc3cnc(NC(=O)[C@H]4C[C@H]4F)cc3n3ccnc23)cn1. The van der Waals surface area contributed by atoms with E-state index in [1.165, 1.54) is 0 Å². The van der Waals surface area contributed by atoms with Crippen LogP contribution in [0.1, 0.15) is 37.1 Å². The van der Waals surface area contributed by atoms with E-state index in [2.05, 4.69) is 20.3 Å². The van der Waals surface area contributed by atoms with Crippen molar-refractivity contribution in [2.75, 3.05) is 5.32 Å². The van der Waals surface area contributed by atoms with Gasteiger partial charge < -0.3 is 10.4 Å². The first-order chi connectivity index (χ1) is 15.0. The molecule has 0 saturated heterocycles. The van der Waals surface area contributed by atoms with E-state index in [0.29, 0.717) is 17.9 Å². The van der Waals surface area contributed by atoms with E-state index in [4.69, 9.17) is 0 Å². The lowest BCUT2D eigenvalue weighted by molar-refractivity contribution is -0.117. The van der Waals surface area contributed by atoms with E-state index >= 15 is 0 Å². The van der Waals surface area contributed by atoms with Crippen LogP contribution in [0.15, 0.2) is 43.0 Å². The maximum absolute atomic E-state index is 13.2. The first-order valence-electron chi connectivity index (χ1n) is 10.3. The van der Waals surface area contributed by atoms with Gasteiger partial charge in [-0.3, -0.25) is 14.2 Å². The van der Waals surface area contributed by atoms with Gasteiger partial charge in [0.25, 0.3) is 0 Å². The Morgan fingerprint density at radius 1 is 1.26 bits per heavy atom. The van der Waals surface area contributed by atoms with Crippen molar-refractivity contribution in [3.63, 3.8) is 0 Å². The standard InChI is InChI=1S/C23H22FN5O2/c1-3-20(30)18-6-12(2)16(11-26-18)14-7-13-10-27-21(28-23(31)15-8-17(15)24)9-19(13)29-5-4-25-22(14)29/h4-7,9-11,15,17,20,30H,3,8H2,1-2H3,(H,27,28,31)/t15-,17+,20?/m0/s1. The van der Waals surface area contributed by atoms with Crippen molar-refractivity contribution < 1.29 is 14.3 Å². The summed E-state index contributed by atoms with van der Waals surface area (Å²) in [6.07, 6.45) is 6.26. The zero-order valence-electron chi connectivity index (χ0n) is 17.2. The molecule has 4 aromatic rings. The minimum absolute atomic E-state index is 0.274. The monoisotopic (exact) mass is 419 g/mol. The van der Waals surface area contributed by atoms with Crippen LogP contribution >= 0.6 is 0 Å². The molecule has 0 aromatic carbocycles. The van der Waals surface area contributed by atoms with E-state index < -0.39 is 18.2 Å². The topological polar surface area (TPSA) is 92.4 Å². The van der Waals surface area contributed by atoms with Gasteiger partial charge in [-0.2, -0.15) is 0 Å². The number of anilines is 1. The lowest BCUT2D eigenvalue weighted by Gasteiger charge is -2.14. The van der Waals surface area contributed by atoms with Gasteiger partial charge in [0.2, 0.25) is 5.91 Å². The largest absolute Gasteiger partial charge is 0.387 e. The molecular weight excluding hydrogens is 397 g/mol. The lowest BCUT2D eigenvalue weighted by Crippen LogP contribution is -2.16. The Kier molecular flexibility index (Phi) is 4.66. The van der Waals surface area contributed by atoms with Gasteiger partial charge in [0, 0.05) is 47.4 Å². The minimum atomic E-state index is -1.05. The molecule has 0 aliphatic heterocycles. The number of carbonyl (C=O) groups excluding carboxylic acids is 1. The average Bonchev–Trinajstić information content (AvgIpc) is 3.30. The number of aryl methyl sites for hydroxylation is 1. The Morgan fingerprint density at radius 3 is 2.77 bits per heavy atom. The van der Waals surface area contributed by atoms with Crippen LogP contribution in [0.25, 0.3) is 27.7 Å². The number of fused-ring (bicyclic) bond motifs is 3. The van der Waals surface area contributed by atoms with Crippen LogP contribution in [0, 0.1) is 12.8 Å². The zero-order chi connectivity index (χ0) is 21.7. The molecule has 31 heavy (non-hydrogen) atoms. The fourth-order valence-corrected chi connectivity index (χ4v) is 3.86. The summed E-state index contributed by atoms with van der Waals surface area (Å²) in [6.45, 7) is 3.90. The molecule has 1 aliphatic carbocycles. The van der Waals surface area contributed by atoms with Gasteiger partial charge >= 0.3 is 0 Å². The lowest BCUT2D eigenvalue weighted by atomic mass is 10.0. The Bertz CT molecular complexity index is 1320. The second-order valence-electron chi connectivity index (χ2n) is 8.00. The van der Waals surface area contributed by atoms with Crippen molar-refractivity contribution in [3.8, 4) is 11.1 Å². The molecule has 1 aliphatic rings. The molecule has 0 bridgehead atoms. The van der Waals surface area contributed by atoms with Crippen LogP contribution in [0.3, 0.4) is 0 Å². The number of amides is 1. The number of carbonyl (C=O) groups is 1. The summed E-state index contributed by atoms with van der Waals surface area (Å²) < 4.78 is 15.1. The summed E-state index contributed by atoms with van der Waals surface area (Å²) in [5.74, 6) is -0.526. The molecule has 2 N–H and O–H groups in total. The van der Waals surface area contributed by atoms with Gasteiger partial charge in [-0.1, -0.05) is 6.92 Å². The quantitative estimate of drug-likeness (QED) is 0.510. The van der Waals surface area contributed by atoms with E-state index in [1.807, 2.05) is 36.6 Å². The van der Waals surface area contributed by atoms with Crippen LogP contribution in [0.2, 0.25) is 0 Å². The smallest absolute Gasteiger partial charge is 0.231 e. The summed E-state index contributed by atoms with van der Waals surface area (Å²) in [5.41, 5.74) is 5.04. The Balaban J connectivity index is 1.58. The summed E-state index contributed by atoms with van der Waals surface area (Å²) in [6, 6.07) is 5.67. The summed E-state index contributed by atoms with van der Waals surface area (Å²) in [7, 11) is 0. The van der Waals surface area contributed by atoms with Crippen molar-refractivity contribution >= 4 is 28.3 Å². The molecule has 8 heteroatoms. The van der Waals surface area contributed by atoms with Gasteiger partial charge in [-0.15, -0.1) is 0 Å². The third-order valence-corrected chi connectivity index (χ3v) is 5.80. The molecule has 1 saturated carbocycles. The second kappa shape index (κ2) is 7.39. The van der Waals surface area contributed by atoms with Gasteiger partial charge in [-0.25, -0.2) is 14.4 Å². The van der Waals surface area contributed by atoms with Crippen molar-refractivity contribution in [3.05, 3.63) is 54.2 Å². The number of nitrogens with one attached hydrogen (secondary N) is 1. The molecule has 4 aromatic heterocycles. The molecular formula is C23H22FN5O2. The highest BCUT2D eigenvalue weighted by Gasteiger charge is 2.43. The van der Waals surface area contributed by atoms with Crippen LogP contribution in [0.5, 0.6) is 0 Å². The highest BCUT2D eigenvalue weighted by atomic mass is 19.1. The Hall–Kier alpha value is -3.39. The van der Waals surface area contributed by atoms with Crippen molar-refractivity contribution in [2.45, 2.75) is 39.0 Å². The molecule has 158 valence electrons. The number of hydrogen-bond donors (Lipinski definition) is 2. The number of aliphatic hydroxyl groups excluding tert-OH is 1. The van der Waals surface area contributed by atoms with Crippen molar-refractivity contribution in [1.82, 2.24) is 19.4 Å². The normalized spacial score (nSPS) is 19.0. The molecule has 0 radical (unpaired) electrons. The number of aliphatic hydroxyl groups is 1. The van der Waals surface area contributed by atoms with E-state index in [9.17, 15) is 14.3 Å². The number of aromatic nitrogens is 4. The fourth-order valence-electron chi connectivity index (χ4n) is 3.86. The highest BCUT2D eigenvalue weighted by molar-refractivity contribution is 5.97. The summed E-state index contributed by atoms with van der Waals surface area (Å²) in [4.78, 5) is 25.4. The fraction of sp³-hybridized carbons (Fsp3) is 0.304. The molecule has 0 spiro atoms. The molecule has 1 fully saturated rings. The number of halogens is 1. The minimum Gasteiger partial charge on any atom is -0.387 e. The van der Waals surface area contributed by atoms with Gasteiger partial charge in [0.05, 0.1) is 23.2 Å². The molecule has 4 heterocycles. The average molecular weight is 419 g/mol. The maximum atomic E-state index is 13.2. The Labute approximate surface area is 178 Å². The third-order valence-electron chi connectivity index (χ3n) is 5.80. The second-order valence-corrected chi connectivity index (χ2v) is 8.00. The zero-order valence-corrected chi connectivity index (χ0v) is 17.2. The number of alkyl halides is 1. The van der Waals surface area contributed by atoms with E-state index in [0.717, 1.165) is 33.2 Å². The third kappa shape index (κ3) is 3.42. The van der Waals surface area contributed by atoms with Crippen molar-refractivity contribution in [2.24, 2.45) is 5.92 Å². The van der Waals surface area contributed by atoms with Crippen LogP contribution < -0.4 is 5.32 Å². The Morgan fingerprint density at radius 2 is 2.06 bits per heavy atom. The first-order valence-corrected chi connectivity index (χ1v) is 10.3. The van der Waals surface area contributed by atoms with Gasteiger partial charge in [0.1, 0.15) is 17.6 Å². The van der Waals surface area contributed by atoms with E-state index in [1.54, 1.807) is 24.7 Å². The molecule has 1 unspecified atom stereocenters. The van der Waals surface area contributed by atoms with Gasteiger partial charge in [-0.05, 0) is 37.5 Å². The van der Waals surface area contributed by atoms with Crippen LogP contribution in [0.4, 0.5) is 10.2 Å². The number of imidazole rings is 1. The number of pyridine rings is 3. The van der Waals surface area contributed by atoms with E-state index in [-0.39, 0.29) is 12.3 Å². The molecule has 1 amide bonds. The van der Waals surface area contributed by atoms with Crippen LogP contribution in [-0.2, 0) is 4.79 Å². The van der Waals surface area contributed by atoms with Crippen molar-refractivity contribution in [1.29, 1.82) is 0 Å². The van der Waals surface area contributed by atoms with Gasteiger partial charge in [0.15, 0.2) is 0 Å². The number of rotatable bonds is 5. The first kappa shape index (κ1) is 19.6. The predicted molar refractivity (Wildman–Crippen MR) is 115 cm³/mol. The summed E-state index contributed by atoms with van der Waals surface area (Å²) >= 11 is 0. The number of nitrogens with zero attached hydrogens (tertiary/aromatic N) is 4. The maximum Gasteiger partial charge on any atom is 0.231 e.